The van der Waals surface area contributed by atoms with E-state index < -0.39 is 48.1 Å². The molecular formula is C8H12F6O4S3. The van der Waals surface area contributed by atoms with Gasteiger partial charge in [0, 0.05) is 0 Å². The molecule has 0 fully saturated rings. The van der Waals surface area contributed by atoms with Crippen LogP contribution in [0, 0.1) is 0 Å². The van der Waals surface area contributed by atoms with E-state index in [1.807, 2.05) is 0 Å². The molecule has 0 heterocycles. The second-order valence-electron chi connectivity index (χ2n) is 3.90. The van der Waals surface area contributed by atoms with Crippen LogP contribution in [0.3, 0.4) is 0 Å². The Labute approximate surface area is 122 Å². The van der Waals surface area contributed by atoms with Crippen molar-refractivity contribution in [3.05, 3.63) is 0 Å². The van der Waals surface area contributed by atoms with Crippen LogP contribution in [0.5, 0.6) is 0 Å². The Balaban J connectivity index is 5.63. The number of rotatable bonds is 7. The molecule has 0 radical (unpaired) electrons. The molecule has 0 rings (SSSR count). The first-order chi connectivity index (χ1) is 9.19. The highest BCUT2D eigenvalue weighted by Gasteiger charge is 2.62. The Morgan fingerprint density at radius 2 is 1.24 bits per heavy atom. The lowest BCUT2D eigenvalue weighted by Gasteiger charge is -2.20. The molecule has 0 N–H and O–H groups in total. The molecule has 0 bridgehead atoms. The quantitative estimate of drug-likeness (QED) is 0.500. The predicted octanol–water partition coefficient (Wildman–Crippen LogP) is 2.72. The zero-order valence-electron chi connectivity index (χ0n) is 10.5. The smallest absolute Gasteiger partial charge is 0.218 e. The van der Waals surface area contributed by atoms with Crippen molar-refractivity contribution >= 4 is 31.4 Å². The lowest BCUT2D eigenvalue weighted by molar-refractivity contribution is -0.0472. The Hall–Kier alpha value is -0.170. The number of thioether (sulfide) groups is 1. The maximum absolute atomic E-state index is 12.4. The van der Waals surface area contributed by atoms with Gasteiger partial charge >= 0.3 is 11.0 Å². The van der Waals surface area contributed by atoms with Gasteiger partial charge in [-0.25, -0.2) is 16.8 Å². The lowest BCUT2D eigenvalue weighted by Crippen LogP contribution is -2.44. The van der Waals surface area contributed by atoms with Crippen molar-refractivity contribution in [3.8, 4) is 0 Å². The summed E-state index contributed by atoms with van der Waals surface area (Å²) in [5.74, 6) is 0.352. The zero-order chi connectivity index (χ0) is 17.1. The van der Waals surface area contributed by atoms with Gasteiger partial charge in [0.1, 0.15) is 0 Å². The molecule has 0 aliphatic carbocycles. The van der Waals surface area contributed by atoms with Crippen molar-refractivity contribution in [2.75, 3.05) is 12.0 Å². The Morgan fingerprint density at radius 1 is 0.857 bits per heavy atom. The molecule has 4 nitrogen and oxygen atoms in total. The molecule has 0 saturated carbocycles. The van der Waals surface area contributed by atoms with E-state index in [4.69, 9.17) is 0 Å². The van der Waals surface area contributed by atoms with Gasteiger partial charge in [-0.2, -0.15) is 38.1 Å². The second kappa shape index (κ2) is 6.94. The van der Waals surface area contributed by atoms with Crippen LogP contribution in [0.4, 0.5) is 26.3 Å². The molecule has 0 saturated heterocycles. The second-order valence-corrected chi connectivity index (χ2v) is 9.43. The molecule has 128 valence electrons. The Morgan fingerprint density at radius 3 is 1.52 bits per heavy atom. The standard InChI is InChI=1S/C8H12F6O4S3/c1-19-5-3-2-4-6(20(15,16)7(9,10)11)21(17,18)8(12,13)14/h6H,2-5H2,1H3. The Bertz CT molecular complexity index is 489. The summed E-state index contributed by atoms with van der Waals surface area (Å²) in [4.78, 5) is 0. The minimum absolute atomic E-state index is 0.0957. The number of unbranched alkanes of at least 4 members (excludes halogenated alkanes) is 1. The maximum Gasteiger partial charge on any atom is 0.498 e. The van der Waals surface area contributed by atoms with Crippen molar-refractivity contribution in [2.24, 2.45) is 0 Å². The summed E-state index contributed by atoms with van der Waals surface area (Å²) >= 11 is 1.24. The van der Waals surface area contributed by atoms with Gasteiger partial charge in [0.2, 0.25) is 0 Å². The van der Waals surface area contributed by atoms with E-state index in [2.05, 4.69) is 0 Å². The highest BCUT2D eigenvalue weighted by molar-refractivity contribution is 8.09. The summed E-state index contributed by atoms with van der Waals surface area (Å²) in [5.41, 5.74) is -12.1. The fraction of sp³-hybridized carbons (Fsp3) is 1.00. The van der Waals surface area contributed by atoms with Crippen LogP contribution in [0.2, 0.25) is 0 Å². The molecule has 0 amide bonds. The zero-order valence-corrected chi connectivity index (χ0v) is 13.0. The average molecular weight is 382 g/mol. The molecule has 0 aromatic carbocycles. The molecule has 0 spiro atoms. The highest BCUT2D eigenvalue weighted by atomic mass is 32.3. The van der Waals surface area contributed by atoms with Gasteiger partial charge in [-0.3, -0.25) is 0 Å². The first-order valence-electron chi connectivity index (χ1n) is 5.29. The van der Waals surface area contributed by atoms with E-state index in [0.29, 0.717) is 5.75 Å². The molecule has 13 heteroatoms. The fourth-order valence-corrected chi connectivity index (χ4v) is 5.36. The van der Waals surface area contributed by atoms with Crippen LogP contribution < -0.4 is 0 Å². The number of sulfone groups is 2. The van der Waals surface area contributed by atoms with E-state index in [1.54, 1.807) is 6.26 Å². The monoisotopic (exact) mass is 382 g/mol. The van der Waals surface area contributed by atoms with Gasteiger partial charge in [0.05, 0.1) is 0 Å². The van der Waals surface area contributed by atoms with Gasteiger partial charge in [0.25, 0.3) is 19.7 Å². The average Bonchev–Trinajstić information content (AvgIpc) is 2.25. The van der Waals surface area contributed by atoms with Crippen LogP contribution in [0.25, 0.3) is 0 Å². The van der Waals surface area contributed by atoms with Crippen molar-refractivity contribution in [3.63, 3.8) is 0 Å². The molecule has 0 unspecified atom stereocenters. The van der Waals surface area contributed by atoms with Crippen LogP contribution in [0.1, 0.15) is 19.3 Å². The summed E-state index contributed by atoms with van der Waals surface area (Å²) in [7, 11) is -13.0. The van der Waals surface area contributed by atoms with Crippen LogP contribution >= 0.6 is 11.8 Å². The molecule has 0 aliphatic rings. The predicted molar refractivity (Wildman–Crippen MR) is 66.0 cm³/mol. The first kappa shape index (κ1) is 20.8. The largest absolute Gasteiger partial charge is 0.498 e. The summed E-state index contributed by atoms with van der Waals surface area (Å²) in [5, 5.41) is 0. The number of hydrogen-bond donors (Lipinski definition) is 0. The van der Waals surface area contributed by atoms with Gasteiger partial charge < -0.3 is 0 Å². The van der Waals surface area contributed by atoms with Gasteiger partial charge in [-0.15, -0.1) is 0 Å². The lowest BCUT2D eigenvalue weighted by atomic mass is 10.3. The van der Waals surface area contributed by atoms with E-state index in [-0.39, 0.29) is 6.42 Å². The number of halogens is 6. The number of alkyl halides is 6. The van der Waals surface area contributed by atoms with Crippen LogP contribution in [-0.2, 0) is 19.7 Å². The summed E-state index contributed by atoms with van der Waals surface area (Å²) < 4.78 is 115. The summed E-state index contributed by atoms with van der Waals surface area (Å²) in [6.45, 7) is 0. The third kappa shape index (κ3) is 4.91. The van der Waals surface area contributed by atoms with Gasteiger partial charge in [-0.1, -0.05) is 6.42 Å². The third-order valence-electron chi connectivity index (χ3n) is 2.38. The Kier molecular flexibility index (Phi) is 6.88. The summed E-state index contributed by atoms with van der Waals surface area (Å²) in [6.07, 6.45) is 0.0647. The van der Waals surface area contributed by atoms with Gasteiger partial charge in [-0.05, 0) is 24.9 Å². The molecule has 0 aliphatic heterocycles. The van der Waals surface area contributed by atoms with Crippen molar-refractivity contribution < 1.29 is 43.2 Å². The normalized spacial score (nSPS) is 14.7. The van der Waals surface area contributed by atoms with E-state index in [9.17, 15) is 43.2 Å². The molecule has 21 heavy (non-hydrogen) atoms. The third-order valence-corrected chi connectivity index (χ3v) is 7.74. The molecule has 0 atom stereocenters. The molecule has 0 aromatic rings. The minimum atomic E-state index is -6.48. The van der Waals surface area contributed by atoms with Crippen molar-refractivity contribution in [1.29, 1.82) is 0 Å². The van der Waals surface area contributed by atoms with Crippen molar-refractivity contribution in [1.82, 2.24) is 0 Å². The van der Waals surface area contributed by atoms with E-state index in [1.165, 1.54) is 11.8 Å². The maximum atomic E-state index is 12.4. The van der Waals surface area contributed by atoms with Crippen LogP contribution in [0.15, 0.2) is 0 Å². The van der Waals surface area contributed by atoms with Gasteiger partial charge in [0.15, 0.2) is 4.58 Å². The summed E-state index contributed by atoms with van der Waals surface area (Å²) in [6, 6.07) is 0. The van der Waals surface area contributed by atoms with E-state index in [0.717, 1.165) is 0 Å². The van der Waals surface area contributed by atoms with Crippen molar-refractivity contribution in [2.45, 2.75) is 34.9 Å². The molecular weight excluding hydrogens is 370 g/mol. The van der Waals surface area contributed by atoms with Crippen LogP contribution in [-0.4, -0.2) is 44.4 Å². The SMILES string of the molecule is CSCCCCC(S(=O)(=O)C(F)(F)F)S(=O)(=O)C(F)(F)F. The number of hydrogen-bond acceptors (Lipinski definition) is 5. The minimum Gasteiger partial charge on any atom is -0.218 e. The fourth-order valence-electron chi connectivity index (χ4n) is 1.33. The molecule has 0 aromatic heterocycles. The topological polar surface area (TPSA) is 68.3 Å². The highest BCUT2D eigenvalue weighted by Crippen LogP contribution is 2.38. The van der Waals surface area contributed by atoms with E-state index >= 15 is 0 Å². The first-order valence-corrected chi connectivity index (χ1v) is 9.77.